The van der Waals surface area contributed by atoms with Crippen LogP contribution < -0.4 is 10.1 Å². The van der Waals surface area contributed by atoms with Crippen LogP contribution in [0.25, 0.3) is 0 Å². The Labute approximate surface area is 136 Å². The minimum atomic E-state index is -0.175. The van der Waals surface area contributed by atoms with Gasteiger partial charge in [0, 0.05) is 16.3 Å². The highest BCUT2D eigenvalue weighted by molar-refractivity contribution is 6.31. The van der Waals surface area contributed by atoms with Crippen molar-refractivity contribution < 1.29 is 9.53 Å². The molecule has 1 amide bonds. The van der Waals surface area contributed by atoms with Crippen molar-refractivity contribution in [1.29, 1.82) is 0 Å². The number of amides is 1. The number of hydrogen-bond acceptors (Lipinski definition) is 2. The Balaban J connectivity index is 2.09. The van der Waals surface area contributed by atoms with E-state index in [1.54, 1.807) is 24.3 Å². The number of anilines is 1. The number of hydrogen-bond donors (Lipinski definition) is 1. The first kappa shape index (κ1) is 16.4. The fourth-order valence-electron chi connectivity index (χ4n) is 1.98. The summed E-state index contributed by atoms with van der Waals surface area (Å²) in [5, 5.41) is 3.48. The zero-order chi connectivity index (χ0) is 15.9. The molecular weight excluding hydrogens is 298 g/mol. The number of carbonyl (C=O) groups is 1. The van der Waals surface area contributed by atoms with Gasteiger partial charge in [0.25, 0.3) is 5.91 Å². The van der Waals surface area contributed by atoms with Crippen LogP contribution in [0.1, 0.15) is 35.7 Å². The second-order valence-corrected chi connectivity index (χ2v) is 5.58. The monoisotopic (exact) mass is 317 g/mol. The Hall–Kier alpha value is -2.00. The molecule has 0 radical (unpaired) electrons. The molecule has 3 nitrogen and oxygen atoms in total. The van der Waals surface area contributed by atoms with Gasteiger partial charge in [-0.05, 0) is 49.2 Å². The van der Waals surface area contributed by atoms with E-state index in [1.165, 1.54) is 0 Å². The molecule has 0 aromatic heterocycles. The van der Waals surface area contributed by atoms with E-state index in [4.69, 9.17) is 16.3 Å². The zero-order valence-corrected chi connectivity index (χ0v) is 13.6. The minimum absolute atomic E-state index is 0.175. The predicted molar refractivity (Wildman–Crippen MR) is 91.0 cm³/mol. The summed E-state index contributed by atoms with van der Waals surface area (Å²) in [5.74, 6) is 0.537. The maximum atomic E-state index is 12.4. The van der Waals surface area contributed by atoms with Gasteiger partial charge in [-0.15, -0.1) is 0 Å². The van der Waals surface area contributed by atoms with Gasteiger partial charge in [0.1, 0.15) is 5.75 Å². The summed E-state index contributed by atoms with van der Waals surface area (Å²) in [7, 11) is 0. The number of benzene rings is 2. The molecule has 0 saturated carbocycles. The van der Waals surface area contributed by atoms with Gasteiger partial charge in [-0.3, -0.25) is 4.79 Å². The van der Waals surface area contributed by atoms with Gasteiger partial charge in [0.05, 0.1) is 6.61 Å². The van der Waals surface area contributed by atoms with Crippen LogP contribution in [0.2, 0.25) is 5.02 Å². The fraction of sp³-hybridized carbons (Fsp3) is 0.278. The highest BCUT2D eigenvalue weighted by Gasteiger charge is 2.09. The lowest BCUT2D eigenvalue weighted by molar-refractivity contribution is 0.102. The molecule has 22 heavy (non-hydrogen) atoms. The molecule has 0 atom stereocenters. The van der Waals surface area contributed by atoms with E-state index in [0.29, 0.717) is 22.9 Å². The van der Waals surface area contributed by atoms with Crippen molar-refractivity contribution in [1.82, 2.24) is 0 Å². The van der Waals surface area contributed by atoms with E-state index in [0.717, 1.165) is 24.1 Å². The zero-order valence-electron chi connectivity index (χ0n) is 12.9. The summed E-state index contributed by atoms with van der Waals surface area (Å²) in [5.41, 5.74) is 2.25. The molecule has 0 unspecified atom stereocenters. The summed E-state index contributed by atoms with van der Waals surface area (Å²) in [4.78, 5) is 12.4. The molecule has 2 aromatic carbocycles. The third kappa shape index (κ3) is 4.50. The molecule has 0 fully saturated rings. The lowest BCUT2D eigenvalue weighted by atomic mass is 10.1. The van der Waals surface area contributed by atoms with Gasteiger partial charge in [-0.25, -0.2) is 0 Å². The molecule has 1 N–H and O–H groups in total. The minimum Gasteiger partial charge on any atom is -0.494 e. The van der Waals surface area contributed by atoms with Gasteiger partial charge < -0.3 is 10.1 Å². The second kappa shape index (κ2) is 7.85. The van der Waals surface area contributed by atoms with E-state index < -0.39 is 0 Å². The highest BCUT2D eigenvalue weighted by Crippen LogP contribution is 2.21. The topological polar surface area (TPSA) is 38.3 Å². The Morgan fingerprint density at radius 1 is 1.23 bits per heavy atom. The SMILES string of the molecule is CCCCOc1cccc(C(=O)Nc2cc(Cl)ccc2C)c1. The summed E-state index contributed by atoms with van der Waals surface area (Å²) in [6, 6.07) is 12.6. The average Bonchev–Trinajstić information content (AvgIpc) is 2.51. The lowest BCUT2D eigenvalue weighted by Gasteiger charge is -2.10. The van der Waals surface area contributed by atoms with Crippen LogP contribution in [-0.4, -0.2) is 12.5 Å². The second-order valence-electron chi connectivity index (χ2n) is 5.14. The number of rotatable bonds is 6. The quantitative estimate of drug-likeness (QED) is 0.754. The van der Waals surface area contributed by atoms with E-state index in [2.05, 4.69) is 12.2 Å². The molecule has 0 heterocycles. The van der Waals surface area contributed by atoms with Crippen molar-refractivity contribution in [2.75, 3.05) is 11.9 Å². The molecule has 2 rings (SSSR count). The van der Waals surface area contributed by atoms with Crippen LogP contribution >= 0.6 is 11.6 Å². The maximum absolute atomic E-state index is 12.4. The third-order valence-electron chi connectivity index (χ3n) is 3.31. The molecule has 2 aromatic rings. The molecule has 116 valence electrons. The van der Waals surface area contributed by atoms with Crippen LogP contribution in [0.4, 0.5) is 5.69 Å². The molecule has 0 aliphatic rings. The molecule has 0 bridgehead atoms. The van der Waals surface area contributed by atoms with Gasteiger partial charge in [-0.2, -0.15) is 0 Å². The van der Waals surface area contributed by atoms with E-state index >= 15 is 0 Å². The maximum Gasteiger partial charge on any atom is 0.255 e. The van der Waals surface area contributed by atoms with Crippen molar-refractivity contribution in [2.45, 2.75) is 26.7 Å². The van der Waals surface area contributed by atoms with Crippen LogP contribution in [0.5, 0.6) is 5.75 Å². The average molecular weight is 318 g/mol. The Morgan fingerprint density at radius 3 is 2.82 bits per heavy atom. The van der Waals surface area contributed by atoms with E-state index in [9.17, 15) is 4.79 Å². The summed E-state index contributed by atoms with van der Waals surface area (Å²) in [6.45, 7) is 4.70. The normalized spacial score (nSPS) is 10.3. The first-order valence-electron chi connectivity index (χ1n) is 7.40. The van der Waals surface area contributed by atoms with Gasteiger partial charge in [0.2, 0.25) is 0 Å². The summed E-state index contributed by atoms with van der Waals surface area (Å²) in [6.07, 6.45) is 2.08. The number of ether oxygens (including phenoxy) is 1. The lowest BCUT2D eigenvalue weighted by Crippen LogP contribution is -2.13. The Morgan fingerprint density at radius 2 is 2.05 bits per heavy atom. The van der Waals surface area contributed by atoms with Crippen molar-refractivity contribution >= 4 is 23.2 Å². The molecule has 0 spiro atoms. The first-order chi connectivity index (χ1) is 10.6. The Kier molecular flexibility index (Phi) is 5.84. The molecule has 0 aliphatic carbocycles. The first-order valence-corrected chi connectivity index (χ1v) is 7.78. The third-order valence-corrected chi connectivity index (χ3v) is 3.55. The summed E-state index contributed by atoms with van der Waals surface area (Å²) >= 11 is 5.97. The smallest absolute Gasteiger partial charge is 0.255 e. The molecule has 0 aliphatic heterocycles. The number of halogens is 1. The van der Waals surface area contributed by atoms with Gasteiger partial charge in [0.15, 0.2) is 0 Å². The van der Waals surface area contributed by atoms with Gasteiger partial charge >= 0.3 is 0 Å². The number of unbranched alkanes of at least 4 members (excludes halogenated alkanes) is 1. The van der Waals surface area contributed by atoms with Crippen LogP contribution in [0.3, 0.4) is 0 Å². The molecular formula is C18H20ClNO2. The number of carbonyl (C=O) groups excluding carboxylic acids is 1. The van der Waals surface area contributed by atoms with Crippen LogP contribution in [-0.2, 0) is 0 Å². The van der Waals surface area contributed by atoms with Crippen molar-refractivity contribution in [2.24, 2.45) is 0 Å². The number of aryl methyl sites for hydroxylation is 1. The Bertz CT molecular complexity index is 655. The van der Waals surface area contributed by atoms with Gasteiger partial charge in [-0.1, -0.05) is 37.1 Å². The van der Waals surface area contributed by atoms with E-state index in [-0.39, 0.29) is 5.91 Å². The molecule has 0 saturated heterocycles. The standard InChI is InChI=1S/C18H20ClNO2/c1-3-4-10-22-16-7-5-6-14(11-16)18(21)20-17-12-15(19)9-8-13(17)2/h5-9,11-12H,3-4,10H2,1-2H3,(H,20,21). The van der Waals surface area contributed by atoms with Crippen LogP contribution in [0, 0.1) is 6.92 Å². The van der Waals surface area contributed by atoms with Crippen LogP contribution in [0.15, 0.2) is 42.5 Å². The fourth-order valence-corrected chi connectivity index (χ4v) is 2.16. The highest BCUT2D eigenvalue weighted by atomic mass is 35.5. The predicted octanol–water partition coefficient (Wildman–Crippen LogP) is 5.08. The van der Waals surface area contributed by atoms with Crippen molar-refractivity contribution in [3.8, 4) is 5.75 Å². The van der Waals surface area contributed by atoms with Crippen molar-refractivity contribution in [3.05, 3.63) is 58.6 Å². The van der Waals surface area contributed by atoms with Crippen molar-refractivity contribution in [3.63, 3.8) is 0 Å². The summed E-state index contributed by atoms with van der Waals surface area (Å²) < 4.78 is 5.63. The number of nitrogens with one attached hydrogen (secondary N) is 1. The molecule has 4 heteroatoms. The largest absolute Gasteiger partial charge is 0.494 e. The van der Waals surface area contributed by atoms with E-state index in [1.807, 2.05) is 25.1 Å².